The van der Waals surface area contributed by atoms with E-state index in [9.17, 15) is 0 Å². The van der Waals surface area contributed by atoms with Gasteiger partial charge < -0.3 is 4.57 Å². The number of hydrogen-bond donors (Lipinski definition) is 0. The molecule has 0 fully saturated rings. The van der Waals surface area contributed by atoms with E-state index < -0.39 is 5.41 Å². The first kappa shape index (κ1) is 36.6. The van der Waals surface area contributed by atoms with Crippen LogP contribution in [-0.2, 0) is 5.41 Å². The first-order chi connectivity index (χ1) is 32.7. The van der Waals surface area contributed by atoms with Gasteiger partial charge >= 0.3 is 0 Å². The lowest BCUT2D eigenvalue weighted by molar-refractivity contribution is 0.722. The first-order valence-corrected chi connectivity index (χ1v) is 24.2. The van der Waals surface area contributed by atoms with Crippen molar-refractivity contribution >= 4 is 86.8 Å². The van der Waals surface area contributed by atoms with Gasteiger partial charge in [0.15, 0.2) is 0 Å². The first-order valence-electron chi connectivity index (χ1n) is 22.6. The number of hydrogen-bond acceptors (Lipinski definition) is 3. The second-order valence-electron chi connectivity index (χ2n) is 17.7. The summed E-state index contributed by atoms with van der Waals surface area (Å²) < 4.78 is 5.09. The van der Waals surface area contributed by atoms with Crippen LogP contribution in [0.15, 0.2) is 228 Å². The van der Waals surface area contributed by atoms with Crippen molar-refractivity contribution in [2.75, 3.05) is 0 Å². The number of nitrogens with zero attached hydrogens (tertiary/aromatic N) is 2. The molecule has 0 saturated carbocycles. The molecule has 4 heterocycles. The van der Waals surface area contributed by atoms with Crippen LogP contribution in [0.3, 0.4) is 0 Å². The van der Waals surface area contributed by atoms with E-state index in [2.05, 4.69) is 223 Å². The summed E-state index contributed by atoms with van der Waals surface area (Å²) >= 11 is 3.79. The number of para-hydroxylation sites is 2. The molecule has 2 nitrogen and oxygen atoms in total. The quantitative estimate of drug-likeness (QED) is 0.165. The van der Waals surface area contributed by atoms with Crippen LogP contribution in [0.1, 0.15) is 22.3 Å². The van der Waals surface area contributed by atoms with Gasteiger partial charge in [-0.2, -0.15) is 0 Å². The fourth-order valence-electron chi connectivity index (χ4n) is 11.7. The van der Waals surface area contributed by atoms with E-state index in [0.29, 0.717) is 0 Å². The van der Waals surface area contributed by atoms with Gasteiger partial charge in [-0.1, -0.05) is 176 Å². The second-order valence-corrected chi connectivity index (χ2v) is 19.8. The fourth-order valence-corrected chi connectivity index (χ4v) is 14.1. The molecule has 0 N–H and O–H groups in total. The molecule has 0 bridgehead atoms. The monoisotopic (exact) mass is 872 g/mol. The Morgan fingerprint density at radius 1 is 0.394 bits per heavy atom. The summed E-state index contributed by atoms with van der Waals surface area (Å²) in [6.45, 7) is 0. The number of benzene rings is 10. The van der Waals surface area contributed by atoms with Gasteiger partial charge in [0, 0.05) is 57.8 Å². The number of aromatic nitrogens is 2. The third-order valence-electron chi connectivity index (χ3n) is 14.4. The number of pyridine rings is 1. The molecule has 0 atom stereocenters. The van der Waals surface area contributed by atoms with Gasteiger partial charge in [-0.3, -0.25) is 0 Å². The normalized spacial score (nSPS) is 13.5. The van der Waals surface area contributed by atoms with E-state index in [0.717, 1.165) is 22.2 Å². The largest absolute Gasteiger partial charge is 0.308 e. The Morgan fingerprint density at radius 2 is 1.02 bits per heavy atom. The van der Waals surface area contributed by atoms with Crippen LogP contribution in [0.25, 0.3) is 103 Å². The average Bonchev–Trinajstić information content (AvgIpc) is 4.03. The molecule has 0 radical (unpaired) electrons. The highest BCUT2D eigenvalue weighted by Crippen LogP contribution is 2.62. The van der Waals surface area contributed by atoms with E-state index in [4.69, 9.17) is 4.98 Å². The van der Waals surface area contributed by atoms with E-state index in [-0.39, 0.29) is 0 Å². The van der Waals surface area contributed by atoms with Crippen molar-refractivity contribution in [1.29, 1.82) is 0 Å². The van der Waals surface area contributed by atoms with Gasteiger partial charge in [0.05, 0.1) is 38.0 Å². The van der Waals surface area contributed by atoms with Gasteiger partial charge in [0.2, 0.25) is 0 Å². The highest BCUT2D eigenvalue weighted by Gasteiger charge is 2.50. The topological polar surface area (TPSA) is 17.8 Å². The molecule has 1 spiro atoms. The van der Waals surface area contributed by atoms with Crippen molar-refractivity contribution in [3.8, 4) is 39.2 Å². The van der Waals surface area contributed by atoms with Crippen molar-refractivity contribution in [3.63, 3.8) is 0 Å². The van der Waals surface area contributed by atoms with Crippen LogP contribution in [0.2, 0.25) is 0 Å². The molecule has 1 aliphatic heterocycles. The third kappa shape index (κ3) is 4.84. The lowest BCUT2D eigenvalue weighted by Gasteiger charge is -2.39. The summed E-state index contributed by atoms with van der Waals surface area (Å²) in [5.74, 6) is 0. The van der Waals surface area contributed by atoms with Crippen LogP contribution in [0, 0.1) is 0 Å². The van der Waals surface area contributed by atoms with Crippen molar-refractivity contribution in [1.82, 2.24) is 9.55 Å². The molecule has 1 aliphatic carbocycles. The molecule has 13 aromatic rings. The fraction of sp³-hybridized carbons (Fsp3) is 0.0161. The standard InChI is InChI=1S/C62H36N2S2/c1-2-16-37(17-3-1)60-46-36-54(61-59(44-21-7-13-27-55(44)66-61)58(46)43-20-5-11-25-51(43)63-60)64-52-26-12-6-19-42(52)45-34-38(31-33-53(45)64)39-30-32-41-40-18-4-8-22-47(40)62(50(41)35-39)48-23-9-14-28-56(48)65-57-29-15-10-24-49(57)62/h1-36H. The zero-order chi connectivity index (χ0) is 43.1. The Kier molecular flexibility index (Phi) is 7.55. The van der Waals surface area contributed by atoms with Gasteiger partial charge in [-0.05, 0) is 99.1 Å². The van der Waals surface area contributed by atoms with Crippen LogP contribution in [0.4, 0.5) is 0 Å². The van der Waals surface area contributed by atoms with Crippen molar-refractivity contribution < 1.29 is 0 Å². The zero-order valence-electron chi connectivity index (χ0n) is 35.5. The summed E-state index contributed by atoms with van der Waals surface area (Å²) in [4.78, 5) is 8.06. The molecule has 10 aromatic carbocycles. The van der Waals surface area contributed by atoms with Crippen molar-refractivity contribution in [2.24, 2.45) is 0 Å². The SMILES string of the molecule is c1ccc(-c2nc3ccccc3c3c2cc(-n2c4ccccc4c4cc(-c5ccc6c(c5)C5(c7ccccc7Sc7ccccc75)c5ccccc5-6)ccc42)c2sc4ccccc4c23)cc1. The molecule has 66 heavy (non-hydrogen) atoms. The molecule has 306 valence electrons. The predicted octanol–water partition coefficient (Wildman–Crippen LogP) is 17.0. The smallest absolute Gasteiger partial charge is 0.0789 e. The minimum atomic E-state index is -0.426. The maximum absolute atomic E-state index is 5.42. The Bertz CT molecular complexity index is 4170. The predicted molar refractivity (Wildman–Crippen MR) is 279 cm³/mol. The van der Waals surface area contributed by atoms with Gasteiger partial charge in [0.1, 0.15) is 0 Å². The van der Waals surface area contributed by atoms with E-state index >= 15 is 0 Å². The molecular formula is C62H36N2S2. The molecule has 3 aromatic heterocycles. The highest BCUT2D eigenvalue weighted by atomic mass is 32.2. The number of thiophene rings is 1. The third-order valence-corrected chi connectivity index (χ3v) is 16.8. The molecular weight excluding hydrogens is 837 g/mol. The number of fused-ring (bicyclic) bond motifs is 19. The van der Waals surface area contributed by atoms with E-state index in [1.165, 1.54) is 113 Å². The van der Waals surface area contributed by atoms with Crippen molar-refractivity contribution in [2.45, 2.75) is 15.2 Å². The Hall–Kier alpha value is -7.76. The van der Waals surface area contributed by atoms with E-state index in [1.54, 1.807) is 0 Å². The maximum atomic E-state index is 5.42. The molecule has 4 heteroatoms. The van der Waals surface area contributed by atoms with Crippen LogP contribution >= 0.6 is 23.1 Å². The Balaban J connectivity index is 0.999. The molecule has 0 unspecified atom stereocenters. The maximum Gasteiger partial charge on any atom is 0.0789 e. The summed E-state index contributed by atoms with van der Waals surface area (Å²) in [6, 6.07) is 81.3. The summed E-state index contributed by atoms with van der Waals surface area (Å²) in [7, 11) is 0. The van der Waals surface area contributed by atoms with Crippen molar-refractivity contribution in [3.05, 3.63) is 241 Å². The van der Waals surface area contributed by atoms with Gasteiger partial charge in [-0.15, -0.1) is 11.3 Å². The summed E-state index contributed by atoms with van der Waals surface area (Å²) in [6.07, 6.45) is 0. The minimum Gasteiger partial charge on any atom is -0.308 e. The van der Waals surface area contributed by atoms with Crippen LogP contribution in [-0.4, -0.2) is 9.55 Å². The minimum absolute atomic E-state index is 0.426. The average molecular weight is 873 g/mol. The molecule has 0 saturated heterocycles. The molecule has 15 rings (SSSR count). The number of rotatable bonds is 3. The van der Waals surface area contributed by atoms with Crippen LogP contribution < -0.4 is 0 Å². The second kappa shape index (κ2) is 13.6. The molecule has 0 amide bonds. The highest BCUT2D eigenvalue weighted by molar-refractivity contribution is 7.99. The molecule has 2 aliphatic rings. The van der Waals surface area contributed by atoms with Crippen LogP contribution in [0.5, 0.6) is 0 Å². The lowest BCUT2D eigenvalue weighted by Crippen LogP contribution is -2.31. The van der Waals surface area contributed by atoms with E-state index in [1.807, 2.05) is 23.1 Å². The Morgan fingerprint density at radius 3 is 1.85 bits per heavy atom. The summed E-state index contributed by atoms with van der Waals surface area (Å²) in [5.41, 5.74) is 16.7. The summed E-state index contributed by atoms with van der Waals surface area (Å²) in [5, 5.41) is 8.64. The Labute approximate surface area is 389 Å². The zero-order valence-corrected chi connectivity index (χ0v) is 37.1. The van der Waals surface area contributed by atoms with Gasteiger partial charge in [0.25, 0.3) is 0 Å². The lowest BCUT2D eigenvalue weighted by atomic mass is 9.67. The van der Waals surface area contributed by atoms with Gasteiger partial charge in [-0.25, -0.2) is 4.98 Å².